The van der Waals surface area contributed by atoms with Gasteiger partial charge in [0.05, 0.1) is 0 Å². The van der Waals surface area contributed by atoms with Gasteiger partial charge in [-0.2, -0.15) is 0 Å². The Morgan fingerprint density at radius 3 is 1.00 bits per heavy atom. The van der Waals surface area contributed by atoms with Crippen LogP contribution >= 0.6 is 0 Å². The molecule has 4 nitrogen and oxygen atoms in total. The molecule has 0 spiro atoms. The zero-order valence-corrected chi connectivity index (χ0v) is 8.34. The largest absolute Gasteiger partial charge is 0.550 e. The fourth-order valence-corrected chi connectivity index (χ4v) is 0. The summed E-state index contributed by atoms with van der Waals surface area (Å²) in [5, 5.41) is 17.8. The molecule has 0 aromatic carbocycles. The third-order valence-electron chi connectivity index (χ3n) is 0. The van der Waals surface area contributed by atoms with Gasteiger partial charge < -0.3 is 19.8 Å². The van der Waals surface area contributed by atoms with Gasteiger partial charge in [0.2, 0.25) is 0 Å². The van der Waals surface area contributed by atoms with Crippen LogP contribution in [0.5, 0.6) is 0 Å². The Morgan fingerprint density at radius 2 is 1.00 bits per heavy atom. The van der Waals surface area contributed by atoms with Crippen LogP contribution in [0.3, 0.4) is 0 Å². The molecular weight excluding hydrogens is 256 g/mol. The molecule has 0 aromatic rings. The smallest absolute Gasteiger partial charge is 0.0383 e. The number of aliphatic carboxylic acids is 2. The van der Waals surface area contributed by atoms with Gasteiger partial charge in [-0.1, -0.05) is 0 Å². The Bertz CT molecular complexity index is 70.6. The molecule has 0 aliphatic heterocycles. The Hall–Kier alpha value is 0.291. The molecule has 0 saturated heterocycles. The maximum Gasteiger partial charge on any atom is 0.0383 e. The summed E-state index contributed by atoms with van der Waals surface area (Å²) in [5.41, 5.74) is 0. The molecular formula is C4H6NdO4-2. The van der Waals surface area contributed by atoms with Gasteiger partial charge >= 0.3 is 0 Å². The number of hydrogen-bond donors (Lipinski definition) is 0. The Morgan fingerprint density at radius 1 is 1.00 bits per heavy atom. The molecule has 0 bridgehead atoms. The molecule has 0 aliphatic rings. The molecule has 0 aromatic heterocycles. The summed E-state index contributed by atoms with van der Waals surface area (Å²) in [6, 6.07) is 0. The normalized spacial score (nSPS) is 5.56. The molecule has 0 radical (unpaired) electrons. The van der Waals surface area contributed by atoms with Crippen molar-refractivity contribution in [1.29, 1.82) is 0 Å². The van der Waals surface area contributed by atoms with Crippen molar-refractivity contribution in [3.05, 3.63) is 0 Å². The number of carbonyl (C=O) groups is 2. The average molecular weight is 262 g/mol. The van der Waals surface area contributed by atoms with E-state index in [1.54, 1.807) is 0 Å². The Balaban J connectivity index is -0.0000000720. The fourth-order valence-electron chi connectivity index (χ4n) is 0. The molecule has 0 N–H and O–H groups in total. The van der Waals surface area contributed by atoms with Crippen LogP contribution in [0, 0.1) is 40.8 Å². The minimum Gasteiger partial charge on any atom is -0.550 e. The van der Waals surface area contributed by atoms with Gasteiger partial charge in [-0.3, -0.25) is 0 Å². The van der Waals surface area contributed by atoms with E-state index in [1.165, 1.54) is 0 Å². The number of rotatable bonds is 0. The van der Waals surface area contributed by atoms with E-state index in [-0.39, 0.29) is 40.8 Å². The fraction of sp³-hybridized carbons (Fsp3) is 0.500. The van der Waals surface area contributed by atoms with Crippen LogP contribution in [0.4, 0.5) is 0 Å². The zero-order valence-electron chi connectivity index (χ0n) is 5.13. The SMILES string of the molecule is CC(=O)[O-].CC(=O)[O-].[Nd]. The Kier molecular flexibility index (Phi) is 20.0. The van der Waals surface area contributed by atoms with Crippen LogP contribution in [0.25, 0.3) is 0 Å². The van der Waals surface area contributed by atoms with Gasteiger partial charge in [0, 0.05) is 52.8 Å². The maximum atomic E-state index is 8.89. The maximum absolute atomic E-state index is 8.89. The van der Waals surface area contributed by atoms with Crippen LogP contribution in [-0.4, -0.2) is 11.9 Å². The molecule has 0 rings (SSSR count). The number of hydrogen-bond acceptors (Lipinski definition) is 4. The first kappa shape index (κ1) is 16.1. The Labute approximate surface area is 85.8 Å². The predicted octanol–water partition coefficient (Wildman–Crippen LogP) is -2.49. The first-order valence-electron chi connectivity index (χ1n) is 1.82. The van der Waals surface area contributed by atoms with Crippen molar-refractivity contribution in [2.24, 2.45) is 0 Å². The van der Waals surface area contributed by atoms with E-state index >= 15 is 0 Å². The van der Waals surface area contributed by atoms with Crippen molar-refractivity contribution in [3.63, 3.8) is 0 Å². The molecule has 0 fully saturated rings. The second-order valence-corrected chi connectivity index (χ2v) is 0.983. The van der Waals surface area contributed by atoms with Crippen molar-refractivity contribution < 1.29 is 60.6 Å². The van der Waals surface area contributed by atoms with Gasteiger partial charge in [0.15, 0.2) is 0 Å². The zero-order chi connectivity index (χ0) is 7.15. The predicted molar refractivity (Wildman–Crippen MR) is 21.4 cm³/mol. The summed E-state index contributed by atoms with van der Waals surface area (Å²) in [6.07, 6.45) is 0. The third-order valence-corrected chi connectivity index (χ3v) is 0. The van der Waals surface area contributed by atoms with Crippen molar-refractivity contribution in [2.45, 2.75) is 13.8 Å². The molecule has 9 heavy (non-hydrogen) atoms. The summed E-state index contributed by atoms with van der Waals surface area (Å²) in [4.78, 5) is 17.8. The van der Waals surface area contributed by atoms with Crippen LogP contribution in [0.15, 0.2) is 0 Å². The molecule has 52 valence electrons. The minimum absolute atomic E-state index is 0. The van der Waals surface area contributed by atoms with Crippen LogP contribution in [-0.2, 0) is 9.59 Å². The van der Waals surface area contributed by atoms with Crippen LogP contribution in [0.1, 0.15) is 13.8 Å². The first-order chi connectivity index (χ1) is 3.46. The molecule has 0 heterocycles. The van der Waals surface area contributed by atoms with Gasteiger partial charge in [0.25, 0.3) is 0 Å². The van der Waals surface area contributed by atoms with Crippen LogP contribution in [0.2, 0.25) is 0 Å². The molecule has 0 amide bonds. The van der Waals surface area contributed by atoms with E-state index < -0.39 is 11.9 Å². The van der Waals surface area contributed by atoms with Crippen molar-refractivity contribution in [3.8, 4) is 0 Å². The molecule has 5 heteroatoms. The van der Waals surface area contributed by atoms with Gasteiger partial charge in [0.1, 0.15) is 0 Å². The van der Waals surface area contributed by atoms with Crippen molar-refractivity contribution in [2.75, 3.05) is 0 Å². The molecule has 0 atom stereocenters. The van der Waals surface area contributed by atoms with E-state index in [9.17, 15) is 0 Å². The summed E-state index contributed by atoms with van der Waals surface area (Å²) in [5.74, 6) is -2.17. The third kappa shape index (κ3) is 3880. The molecule has 0 unspecified atom stereocenters. The van der Waals surface area contributed by atoms with Crippen molar-refractivity contribution in [1.82, 2.24) is 0 Å². The van der Waals surface area contributed by atoms with Gasteiger partial charge in [-0.25, -0.2) is 0 Å². The number of carboxylic acid groups (broad SMARTS) is 2. The van der Waals surface area contributed by atoms with Gasteiger partial charge in [-0.05, 0) is 13.8 Å². The van der Waals surface area contributed by atoms with E-state index in [2.05, 4.69) is 0 Å². The standard InChI is InChI=1S/2C2H4O2.Nd/c2*1-2(3)4;/h2*1H3,(H,3,4);/p-2. The summed E-state index contributed by atoms with van der Waals surface area (Å²) in [6.45, 7) is 1.94. The van der Waals surface area contributed by atoms with E-state index in [0.717, 1.165) is 13.8 Å². The summed E-state index contributed by atoms with van der Waals surface area (Å²) < 4.78 is 0. The van der Waals surface area contributed by atoms with E-state index in [4.69, 9.17) is 19.8 Å². The minimum atomic E-state index is -1.08. The topological polar surface area (TPSA) is 80.3 Å². The quantitative estimate of drug-likeness (QED) is 0.484. The monoisotopic (exact) mass is 260 g/mol. The number of carboxylic acids is 2. The average Bonchev–Trinajstić information content (AvgIpc) is 1.25. The second-order valence-electron chi connectivity index (χ2n) is 0.983. The van der Waals surface area contributed by atoms with Crippen molar-refractivity contribution >= 4 is 11.9 Å². The molecule has 0 aliphatic carbocycles. The first-order valence-corrected chi connectivity index (χ1v) is 1.82. The second kappa shape index (κ2) is 11.1. The molecule has 0 saturated carbocycles. The van der Waals surface area contributed by atoms with Gasteiger partial charge in [-0.15, -0.1) is 0 Å². The van der Waals surface area contributed by atoms with E-state index in [0.29, 0.717) is 0 Å². The number of carbonyl (C=O) groups excluding carboxylic acids is 2. The van der Waals surface area contributed by atoms with E-state index in [1.807, 2.05) is 0 Å². The van der Waals surface area contributed by atoms with Crippen LogP contribution < -0.4 is 10.2 Å². The summed E-state index contributed by atoms with van der Waals surface area (Å²) >= 11 is 0. The summed E-state index contributed by atoms with van der Waals surface area (Å²) in [7, 11) is 0.